The van der Waals surface area contributed by atoms with E-state index in [1.54, 1.807) is 18.2 Å². The summed E-state index contributed by atoms with van der Waals surface area (Å²) in [6, 6.07) is 5.01. The molecular weight excluding hydrogens is 332 g/mol. The maximum atomic E-state index is 13.1. The van der Waals surface area contributed by atoms with Crippen molar-refractivity contribution < 1.29 is 13.2 Å². The van der Waals surface area contributed by atoms with E-state index in [0.29, 0.717) is 25.3 Å². The molecule has 2 rings (SSSR count). The summed E-state index contributed by atoms with van der Waals surface area (Å²) in [7, 11) is 0. The molecule has 1 heterocycles. The third-order valence-electron chi connectivity index (χ3n) is 2.30. The summed E-state index contributed by atoms with van der Waals surface area (Å²) in [4.78, 5) is 0. The topological polar surface area (TPSA) is 17.8 Å². The van der Waals surface area contributed by atoms with E-state index in [1.807, 2.05) is 0 Å². The zero-order valence-electron chi connectivity index (χ0n) is 8.83. The first-order chi connectivity index (χ1) is 8.49. The second kappa shape index (κ2) is 5.32. The fourth-order valence-electron chi connectivity index (χ4n) is 1.45. The van der Waals surface area contributed by atoms with Gasteiger partial charge >= 0.3 is 0 Å². The van der Waals surface area contributed by atoms with Crippen LogP contribution in [0.3, 0.4) is 0 Å². The molecule has 96 valence electrons. The standard InChI is InChI=1S/C11H7BrClF3N2/c12-9-3-7(13)1-2-8(9)6-4-17-18(5-6)11(16)10(14)15/h1-5,10-11H. The van der Waals surface area contributed by atoms with Gasteiger partial charge in [0.2, 0.25) is 0 Å². The highest BCUT2D eigenvalue weighted by Gasteiger charge is 2.22. The molecule has 0 fully saturated rings. The summed E-state index contributed by atoms with van der Waals surface area (Å²) in [5.41, 5.74) is 1.23. The van der Waals surface area contributed by atoms with Gasteiger partial charge in [0.25, 0.3) is 12.7 Å². The Hall–Kier alpha value is -1.01. The number of halogens is 5. The predicted molar refractivity (Wildman–Crippen MR) is 66.5 cm³/mol. The van der Waals surface area contributed by atoms with Crippen molar-refractivity contribution >= 4 is 27.5 Å². The SMILES string of the molecule is FC(F)C(F)n1cc(-c2ccc(Cl)cc2Br)cn1. The highest BCUT2D eigenvalue weighted by molar-refractivity contribution is 9.10. The zero-order chi connectivity index (χ0) is 13.3. The minimum atomic E-state index is -3.11. The minimum Gasteiger partial charge on any atom is -0.233 e. The molecule has 2 nitrogen and oxygen atoms in total. The van der Waals surface area contributed by atoms with E-state index in [4.69, 9.17) is 11.6 Å². The van der Waals surface area contributed by atoms with Crippen LogP contribution in [0.25, 0.3) is 11.1 Å². The Bertz CT molecular complexity index is 559. The Morgan fingerprint density at radius 3 is 2.61 bits per heavy atom. The third kappa shape index (κ3) is 2.70. The molecule has 0 aliphatic rings. The van der Waals surface area contributed by atoms with Crippen LogP contribution in [0.1, 0.15) is 6.30 Å². The van der Waals surface area contributed by atoms with Crippen LogP contribution in [0.4, 0.5) is 13.2 Å². The van der Waals surface area contributed by atoms with Crippen LogP contribution in [0.2, 0.25) is 5.02 Å². The molecule has 0 aliphatic carbocycles. The van der Waals surface area contributed by atoms with Crippen LogP contribution in [0.15, 0.2) is 35.1 Å². The van der Waals surface area contributed by atoms with Gasteiger partial charge in [0.05, 0.1) is 6.20 Å². The maximum Gasteiger partial charge on any atom is 0.289 e. The minimum absolute atomic E-state index is 0.529. The van der Waals surface area contributed by atoms with Crippen molar-refractivity contribution in [3.05, 3.63) is 40.1 Å². The molecule has 0 bridgehead atoms. The van der Waals surface area contributed by atoms with Crippen LogP contribution >= 0.6 is 27.5 Å². The molecule has 1 aromatic carbocycles. The van der Waals surface area contributed by atoms with E-state index < -0.39 is 12.7 Å². The Morgan fingerprint density at radius 1 is 1.28 bits per heavy atom. The van der Waals surface area contributed by atoms with Crippen molar-refractivity contribution in [2.75, 3.05) is 0 Å². The first-order valence-electron chi connectivity index (χ1n) is 4.91. The first kappa shape index (κ1) is 13.4. The van der Waals surface area contributed by atoms with Crippen molar-refractivity contribution in [3.8, 4) is 11.1 Å². The Kier molecular flexibility index (Phi) is 3.97. The Balaban J connectivity index is 2.35. The van der Waals surface area contributed by atoms with Gasteiger partial charge in [-0.3, -0.25) is 0 Å². The molecule has 2 aromatic rings. The fourth-order valence-corrected chi connectivity index (χ4v) is 2.36. The first-order valence-corrected chi connectivity index (χ1v) is 6.08. The molecule has 0 spiro atoms. The van der Waals surface area contributed by atoms with Crippen molar-refractivity contribution in [2.45, 2.75) is 12.7 Å². The van der Waals surface area contributed by atoms with E-state index in [2.05, 4.69) is 21.0 Å². The van der Waals surface area contributed by atoms with Crippen molar-refractivity contribution in [2.24, 2.45) is 0 Å². The predicted octanol–water partition coefficient (Wildman–Crippen LogP) is 4.70. The van der Waals surface area contributed by atoms with Crippen LogP contribution in [0, 0.1) is 0 Å². The molecule has 0 aliphatic heterocycles. The van der Waals surface area contributed by atoms with E-state index >= 15 is 0 Å². The smallest absolute Gasteiger partial charge is 0.233 e. The molecular formula is C11H7BrClF3N2. The van der Waals surface area contributed by atoms with Gasteiger partial charge in [-0.1, -0.05) is 33.6 Å². The van der Waals surface area contributed by atoms with Gasteiger partial charge in [0.1, 0.15) is 0 Å². The van der Waals surface area contributed by atoms with Gasteiger partial charge in [-0.15, -0.1) is 0 Å². The monoisotopic (exact) mass is 338 g/mol. The summed E-state index contributed by atoms with van der Waals surface area (Å²) in [6.45, 7) is 0. The molecule has 0 saturated heterocycles. The van der Waals surface area contributed by atoms with Gasteiger partial charge in [-0.2, -0.15) is 5.10 Å². The molecule has 0 radical (unpaired) electrons. The van der Waals surface area contributed by atoms with E-state index in [9.17, 15) is 13.2 Å². The van der Waals surface area contributed by atoms with E-state index in [-0.39, 0.29) is 0 Å². The summed E-state index contributed by atoms with van der Waals surface area (Å²) in [5, 5.41) is 4.12. The highest BCUT2D eigenvalue weighted by atomic mass is 79.9. The van der Waals surface area contributed by atoms with Gasteiger partial charge < -0.3 is 0 Å². The van der Waals surface area contributed by atoms with Crippen LogP contribution < -0.4 is 0 Å². The molecule has 18 heavy (non-hydrogen) atoms. The van der Waals surface area contributed by atoms with Crippen LogP contribution in [-0.4, -0.2) is 16.2 Å². The summed E-state index contributed by atoms with van der Waals surface area (Å²) >= 11 is 9.09. The Morgan fingerprint density at radius 2 is 2.00 bits per heavy atom. The van der Waals surface area contributed by atoms with E-state index in [0.717, 1.165) is 0 Å². The number of nitrogens with zero attached hydrogens (tertiary/aromatic N) is 2. The van der Waals surface area contributed by atoms with Crippen molar-refractivity contribution in [1.29, 1.82) is 0 Å². The lowest BCUT2D eigenvalue weighted by atomic mass is 10.1. The lowest BCUT2D eigenvalue weighted by Crippen LogP contribution is -2.12. The van der Waals surface area contributed by atoms with E-state index in [1.165, 1.54) is 12.4 Å². The van der Waals surface area contributed by atoms with Gasteiger partial charge in [-0.25, -0.2) is 17.9 Å². The number of hydrogen-bond acceptors (Lipinski definition) is 1. The van der Waals surface area contributed by atoms with Gasteiger partial charge in [0.15, 0.2) is 0 Å². The fraction of sp³-hybridized carbons (Fsp3) is 0.182. The highest BCUT2D eigenvalue weighted by Crippen LogP contribution is 2.31. The number of benzene rings is 1. The summed E-state index contributed by atoms with van der Waals surface area (Å²) < 4.78 is 38.7. The molecule has 0 saturated carbocycles. The van der Waals surface area contributed by atoms with Gasteiger partial charge in [-0.05, 0) is 17.7 Å². The third-order valence-corrected chi connectivity index (χ3v) is 3.20. The average Bonchev–Trinajstić information content (AvgIpc) is 2.77. The van der Waals surface area contributed by atoms with Crippen molar-refractivity contribution in [3.63, 3.8) is 0 Å². The van der Waals surface area contributed by atoms with Gasteiger partial charge in [0, 0.05) is 21.3 Å². The van der Waals surface area contributed by atoms with Crippen molar-refractivity contribution in [1.82, 2.24) is 9.78 Å². The molecule has 1 aromatic heterocycles. The summed E-state index contributed by atoms with van der Waals surface area (Å²) in [6.07, 6.45) is -3.00. The molecule has 7 heteroatoms. The second-order valence-corrected chi connectivity index (χ2v) is 4.83. The Labute approximate surface area is 114 Å². The average molecular weight is 340 g/mol. The number of hydrogen-bond donors (Lipinski definition) is 0. The number of alkyl halides is 3. The number of aromatic nitrogens is 2. The lowest BCUT2D eigenvalue weighted by Gasteiger charge is -2.06. The quantitative estimate of drug-likeness (QED) is 0.792. The zero-order valence-corrected chi connectivity index (χ0v) is 11.2. The van der Waals surface area contributed by atoms with Crippen LogP contribution in [-0.2, 0) is 0 Å². The molecule has 1 atom stereocenters. The molecule has 1 unspecified atom stereocenters. The summed E-state index contributed by atoms with van der Waals surface area (Å²) in [5.74, 6) is 0. The maximum absolute atomic E-state index is 13.1. The normalized spacial score (nSPS) is 13.0. The molecule has 0 amide bonds. The second-order valence-electron chi connectivity index (χ2n) is 3.54. The largest absolute Gasteiger partial charge is 0.289 e. The van der Waals surface area contributed by atoms with Crippen LogP contribution in [0.5, 0.6) is 0 Å². The molecule has 0 N–H and O–H groups in total. The lowest BCUT2D eigenvalue weighted by molar-refractivity contribution is 0.000791. The number of rotatable bonds is 3.